The van der Waals surface area contributed by atoms with Gasteiger partial charge in [0.25, 0.3) is 0 Å². The molecule has 5 heteroatoms. The van der Waals surface area contributed by atoms with Gasteiger partial charge >= 0.3 is 0 Å². The van der Waals surface area contributed by atoms with Crippen LogP contribution in [0.2, 0.25) is 0 Å². The fraction of sp³-hybridized carbons (Fsp3) is 1.00. The zero-order valence-electron chi connectivity index (χ0n) is 8.20. The SMILES string of the molecule is NC1(C2(O)CCC2)CCCS(=O)(=O)C1. The summed E-state index contributed by atoms with van der Waals surface area (Å²) in [4.78, 5) is 0. The highest BCUT2D eigenvalue weighted by Gasteiger charge is 2.54. The number of hydrogen-bond donors (Lipinski definition) is 2. The minimum Gasteiger partial charge on any atom is -0.388 e. The first-order valence-electron chi connectivity index (χ1n) is 5.09. The summed E-state index contributed by atoms with van der Waals surface area (Å²) in [5, 5.41) is 10.1. The predicted molar refractivity (Wildman–Crippen MR) is 53.6 cm³/mol. The third kappa shape index (κ3) is 1.47. The molecule has 2 fully saturated rings. The van der Waals surface area contributed by atoms with E-state index in [4.69, 9.17) is 5.73 Å². The van der Waals surface area contributed by atoms with Gasteiger partial charge < -0.3 is 10.8 Å². The Morgan fingerprint density at radius 3 is 2.21 bits per heavy atom. The van der Waals surface area contributed by atoms with Crippen molar-refractivity contribution in [3.05, 3.63) is 0 Å². The maximum Gasteiger partial charge on any atom is 0.152 e. The van der Waals surface area contributed by atoms with Crippen molar-refractivity contribution in [2.24, 2.45) is 5.73 Å². The van der Waals surface area contributed by atoms with E-state index in [2.05, 4.69) is 0 Å². The molecule has 0 radical (unpaired) electrons. The average Bonchev–Trinajstić information content (AvgIpc) is 1.97. The Labute approximate surface area is 84.4 Å². The Morgan fingerprint density at radius 1 is 1.14 bits per heavy atom. The molecule has 0 amide bonds. The fourth-order valence-corrected chi connectivity index (χ4v) is 4.45. The lowest BCUT2D eigenvalue weighted by Gasteiger charge is -2.51. The Kier molecular flexibility index (Phi) is 2.18. The van der Waals surface area contributed by atoms with Crippen LogP contribution < -0.4 is 5.73 Å². The number of nitrogens with two attached hydrogens (primary N) is 1. The lowest BCUT2D eigenvalue weighted by Crippen LogP contribution is -2.68. The van der Waals surface area contributed by atoms with Crippen molar-refractivity contribution < 1.29 is 13.5 Å². The monoisotopic (exact) mass is 219 g/mol. The Hall–Kier alpha value is -0.130. The molecule has 1 aliphatic carbocycles. The molecule has 0 bridgehead atoms. The highest BCUT2D eigenvalue weighted by atomic mass is 32.2. The number of rotatable bonds is 1. The zero-order valence-corrected chi connectivity index (χ0v) is 9.02. The molecule has 1 atom stereocenters. The molecule has 1 saturated heterocycles. The molecule has 0 aromatic carbocycles. The van der Waals surface area contributed by atoms with Crippen LogP contribution in [0.3, 0.4) is 0 Å². The molecule has 14 heavy (non-hydrogen) atoms. The summed E-state index contributed by atoms with van der Waals surface area (Å²) in [7, 11) is -3.03. The van der Waals surface area contributed by atoms with E-state index in [1.807, 2.05) is 0 Å². The van der Waals surface area contributed by atoms with Gasteiger partial charge in [0.2, 0.25) is 0 Å². The van der Waals surface area contributed by atoms with E-state index in [0.717, 1.165) is 6.42 Å². The second-order valence-electron chi connectivity index (χ2n) is 4.74. The second kappa shape index (κ2) is 2.93. The summed E-state index contributed by atoms with van der Waals surface area (Å²) in [5.41, 5.74) is 4.24. The lowest BCUT2D eigenvalue weighted by atomic mass is 9.66. The molecule has 3 N–H and O–H groups in total. The summed E-state index contributed by atoms with van der Waals surface area (Å²) >= 11 is 0. The fourth-order valence-electron chi connectivity index (χ4n) is 2.52. The van der Waals surface area contributed by atoms with Crippen LogP contribution in [0.25, 0.3) is 0 Å². The van der Waals surface area contributed by atoms with E-state index in [9.17, 15) is 13.5 Å². The van der Waals surface area contributed by atoms with Gasteiger partial charge in [0.15, 0.2) is 9.84 Å². The molecule has 0 aromatic heterocycles. The van der Waals surface area contributed by atoms with Crippen LogP contribution in [-0.2, 0) is 9.84 Å². The quantitative estimate of drug-likeness (QED) is 0.640. The number of hydrogen-bond acceptors (Lipinski definition) is 4. The summed E-state index contributed by atoms with van der Waals surface area (Å²) in [6.07, 6.45) is 3.47. The standard InChI is InChI=1S/C9H17NO3S/c10-8(9(11)4-1-5-9)3-2-6-14(12,13)7-8/h11H,1-7,10H2. The van der Waals surface area contributed by atoms with Crippen LogP contribution in [0.15, 0.2) is 0 Å². The summed E-state index contributed by atoms with van der Waals surface area (Å²) in [6.45, 7) is 0. The molecule has 4 nitrogen and oxygen atoms in total. The van der Waals surface area contributed by atoms with Crippen molar-refractivity contribution in [1.29, 1.82) is 0 Å². The van der Waals surface area contributed by atoms with Gasteiger partial charge in [-0.3, -0.25) is 0 Å². The summed E-state index contributed by atoms with van der Waals surface area (Å²) < 4.78 is 22.9. The predicted octanol–water partition coefficient (Wildman–Crippen LogP) is -0.193. The van der Waals surface area contributed by atoms with Crippen LogP contribution in [-0.4, -0.2) is 36.2 Å². The molecular weight excluding hydrogens is 202 g/mol. The Balaban J connectivity index is 2.23. The average molecular weight is 219 g/mol. The Morgan fingerprint density at radius 2 is 1.79 bits per heavy atom. The molecule has 1 saturated carbocycles. The van der Waals surface area contributed by atoms with Crippen molar-refractivity contribution in [1.82, 2.24) is 0 Å². The van der Waals surface area contributed by atoms with Crippen molar-refractivity contribution >= 4 is 9.84 Å². The molecule has 82 valence electrons. The van der Waals surface area contributed by atoms with Gasteiger partial charge in [-0.1, -0.05) is 0 Å². The highest BCUT2D eigenvalue weighted by Crippen LogP contribution is 2.43. The minimum absolute atomic E-state index is 0.0451. The van der Waals surface area contributed by atoms with E-state index in [1.165, 1.54) is 0 Å². The number of aliphatic hydroxyl groups is 1. The molecule has 2 aliphatic rings. The largest absolute Gasteiger partial charge is 0.388 e. The van der Waals surface area contributed by atoms with Crippen molar-refractivity contribution in [3.63, 3.8) is 0 Å². The van der Waals surface area contributed by atoms with Gasteiger partial charge in [-0.25, -0.2) is 8.42 Å². The number of sulfone groups is 1. The molecule has 1 aliphatic heterocycles. The maximum atomic E-state index is 11.5. The normalized spacial score (nSPS) is 40.1. The van der Waals surface area contributed by atoms with E-state index in [0.29, 0.717) is 25.7 Å². The van der Waals surface area contributed by atoms with Crippen LogP contribution in [0.4, 0.5) is 0 Å². The van der Waals surface area contributed by atoms with E-state index in [1.54, 1.807) is 0 Å². The van der Waals surface area contributed by atoms with Crippen molar-refractivity contribution in [2.45, 2.75) is 43.2 Å². The van der Waals surface area contributed by atoms with Crippen LogP contribution >= 0.6 is 0 Å². The molecule has 0 spiro atoms. The van der Waals surface area contributed by atoms with Crippen molar-refractivity contribution in [2.75, 3.05) is 11.5 Å². The minimum atomic E-state index is -3.03. The molecule has 1 heterocycles. The summed E-state index contributed by atoms with van der Waals surface area (Å²) in [6, 6.07) is 0. The van der Waals surface area contributed by atoms with Gasteiger partial charge in [-0.2, -0.15) is 0 Å². The van der Waals surface area contributed by atoms with Gasteiger partial charge in [-0.15, -0.1) is 0 Å². The summed E-state index contributed by atoms with van der Waals surface area (Å²) in [5.74, 6) is 0.179. The van der Waals surface area contributed by atoms with Crippen LogP contribution in [0.1, 0.15) is 32.1 Å². The van der Waals surface area contributed by atoms with Gasteiger partial charge in [0.1, 0.15) is 0 Å². The van der Waals surface area contributed by atoms with Crippen molar-refractivity contribution in [3.8, 4) is 0 Å². The first-order valence-corrected chi connectivity index (χ1v) is 6.91. The first kappa shape index (κ1) is 10.4. The van der Waals surface area contributed by atoms with Gasteiger partial charge in [0, 0.05) is 0 Å². The molecular formula is C9H17NO3S. The van der Waals surface area contributed by atoms with Crippen LogP contribution in [0.5, 0.6) is 0 Å². The Bertz CT molecular complexity index is 334. The smallest absolute Gasteiger partial charge is 0.152 e. The molecule has 1 unspecified atom stereocenters. The van der Waals surface area contributed by atoms with E-state index >= 15 is 0 Å². The zero-order chi connectivity index (χ0) is 10.4. The van der Waals surface area contributed by atoms with E-state index in [-0.39, 0.29) is 11.5 Å². The topological polar surface area (TPSA) is 80.4 Å². The maximum absolute atomic E-state index is 11.5. The molecule has 2 rings (SSSR count). The lowest BCUT2D eigenvalue weighted by molar-refractivity contribution is -0.0937. The van der Waals surface area contributed by atoms with Gasteiger partial charge in [-0.05, 0) is 32.1 Å². The highest BCUT2D eigenvalue weighted by molar-refractivity contribution is 7.91. The second-order valence-corrected chi connectivity index (χ2v) is 6.92. The van der Waals surface area contributed by atoms with E-state index < -0.39 is 21.0 Å². The first-order chi connectivity index (χ1) is 6.37. The third-order valence-electron chi connectivity index (χ3n) is 3.66. The molecule has 0 aromatic rings. The van der Waals surface area contributed by atoms with Crippen LogP contribution in [0, 0.1) is 0 Å². The third-order valence-corrected chi connectivity index (χ3v) is 5.53. The van der Waals surface area contributed by atoms with Gasteiger partial charge in [0.05, 0.1) is 22.6 Å².